The normalized spacial score (nSPS) is 15.1. The van der Waals surface area contributed by atoms with Crippen molar-refractivity contribution in [3.8, 4) is 11.1 Å². The van der Waals surface area contributed by atoms with Gasteiger partial charge in [-0.1, -0.05) is 62.4 Å². The van der Waals surface area contributed by atoms with Gasteiger partial charge in [0.05, 0.1) is 0 Å². The van der Waals surface area contributed by atoms with Crippen LogP contribution in [0.1, 0.15) is 25.0 Å². The summed E-state index contributed by atoms with van der Waals surface area (Å²) in [6.07, 6.45) is 0. The average Bonchev–Trinajstić information content (AvgIpc) is 2.46. The summed E-state index contributed by atoms with van der Waals surface area (Å²) in [6, 6.07) is 19.4. The fourth-order valence-electron chi connectivity index (χ4n) is 3.58. The van der Waals surface area contributed by atoms with E-state index in [1.165, 1.54) is 33.0 Å². The number of hydrogen-bond acceptors (Lipinski definition) is 1. The molecule has 3 aromatic carbocycles. The zero-order chi connectivity index (χ0) is 13.9. The molecule has 0 saturated carbocycles. The van der Waals surface area contributed by atoms with E-state index in [0.29, 0.717) is 0 Å². The van der Waals surface area contributed by atoms with Crippen molar-refractivity contribution in [2.75, 3.05) is 5.73 Å². The Morgan fingerprint density at radius 2 is 1.50 bits per heavy atom. The highest BCUT2D eigenvalue weighted by molar-refractivity contribution is 6.07. The average molecular weight is 259 g/mol. The molecule has 1 aliphatic rings. The minimum atomic E-state index is 0.0108. The van der Waals surface area contributed by atoms with Gasteiger partial charge in [-0.05, 0) is 33.7 Å². The molecule has 0 fully saturated rings. The van der Waals surface area contributed by atoms with Crippen LogP contribution in [0.4, 0.5) is 5.69 Å². The van der Waals surface area contributed by atoms with Gasteiger partial charge in [0.1, 0.15) is 0 Å². The summed E-state index contributed by atoms with van der Waals surface area (Å²) in [4.78, 5) is 0. The van der Waals surface area contributed by atoms with E-state index in [1.807, 2.05) is 6.07 Å². The van der Waals surface area contributed by atoms with Crippen molar-refractivity contribution in [3.05, 3.63) is 65.7 Å². The van der Waals surface area contributed by atoms with Crippen molar-refractivity contribution in [1.29, 1.82) is 0 Å². The zero-order valence-corrected chi connectivity index (χ0v) is 11.8. The van der Waals surface area contributed by atoms with Crippen molar-refractivity contribution in [1.82, 2.24) is 0 Å². The molecule has 0 unspecified atom stereocenters. The first-order valence-corrected chi connectivity index (χ1v) is 7.02. The van der Waals surface area contributed by atoms with Crippen LogP contribution in [0, 0.1) is 0 Å². The lowest BCUT2D eigenvalue weighted by Crippen LogP contribution is -2.23. The molecule has 1 nitrogen and oxygen atoms in total. The van der Waals surface area contributed by atoms with Gasteiger partial charge in [-0.15, -0.1) is 0 Å². The molecule has 0 bridgehead atoms. The summed E-state index contributed by atoms with van der Waals surface area (Å²) in [5.74, 6) is 0. The summed E-state index contributed by atoms with van der Waals surface area (Å²) in [5.41, 5.74) is 12.5. The number of anilines is 1. The first-order chi connectivity index (χ1) is 9.60. The van der Waals surface area contributed by atoms with Crippen LogP contribution >= 0.6 is 0 Å². The molecule has 0 saturated heterocycles. The molecule has 2 N–H and O–H groups in total. The molecule has 0 atom stereocenters. The van der Waals surface area contributed by atoms with Crippen LogP contribution in [0.3, 0.4) is 0 Å². The van der Waals surface area contributed by atoms with Gasteiger partial charge in [0, 0.05) is 16.5 Å². The van der Waals surface area contributed by atoms with Crippen LogP contribution in [0.25, 0.3) is 21.9 Å². The predicted molar refractivity (Wildman–Crippen MR) is 85.9 cm³/mol. The van der Waals surface area contributed by atoms with Crippen LogP contribution in [-0.2, 0) is 5.41 Å². The molecular formula is C19H17N. The van der Waals surface area contributed by atoms with Crippen LogP contribution < -0.4 is 5.73 Å². The van der Waals surface area contributed by atoms with Gasteiger partial charge in [-0.25, -0.2) is 0 Å². The SMILES string of the molecule is CC1(C)c2ccccc2-c2ccc(N)c3cccc1c23. The molecule has 0 amide bonds. The molecule has 0 aromatic heterocycles. The van der Waals surface area contributed by atoms with Gasteiger partial charge in [0.25, 0.3) is 0 Å². The summed E-state index contributed by atoms with van der Waals surface area (Å²) in [5, 5.41) is 2.48. The topological polar surface area (TPSA) is 26.0 Å². The summed E-state index contributed by atoms with van der Waals surface area (Å²) >= 11 is 0. The lowest BCUT2D eigenvalue weighted by atomic mass is 9.68. The van der Waals surface area contributed by atoms with Crippen molar-refractivity contribution in [2.24, 2.45) is 0 Å². The third-order valence-corrected chi connectivity index (χ3v) is 4.64. The van der Waals surface area contributed by atoms with Crippen molar-refractivity contribution < 1.29 is 0 Å². The first-order valence-electron chi connectivity index (χ1n) is 7.02. The molecular weight excluding hydrogens is 242 g/mol. The molecule has 4 rings (SSSR count). The Morgan fingerprint density at radius 1 is 0.750 bits per heavy atom. The van der Waals surface area contributed by atoms with Crippen LogP contribution in [-0.4, -0.2) is 0 Å². The number of nitrogens with two attached hydrogens (primary N) is 1. The van der Waals surface area contributed by atoms with Crippen molar-refractivity contribution >= 4 is 16.5 Å². The molecule has 98 valence electrons. The smallest absolute Gasteiger partial charge is 0.0394 e. The van der Waals surface area contributed by atoms with Gasteiger partial charge in [0.15, 0.2) is 0 Å². The lowest BCUT2D eigenvalue weighted by Gasteiger charge is -2.35. The molecule has 0 radical (unpaired) electrons. The van der Waals surface area contributed by atoms with Gasteiger partial charge in [-0.2, -0.15) is 0 Å². The maximum absolute atomic E-state index is 6.18. The van der Waals surface area contributed by atoms with Gasteiger partial charge < -0.3 is 5.73 Å². The quantitative estimate of drug-likeness (QED) is 0.580. The minimum absolute atomic E-state index is 0.0108. The second-order valence-electron chi connectivity index (χ2n) is 6.10. The van der Waals surface area contributed by atoms with E-state index in [1.54, 1.807) is 0 Å². The molecule has 0 spiro atoms. The van der Waals surface area contributed by atoms with E-state index in [0.717, 1.165) is 5.69 Å². The zero-order valence-electron chi connectivity index (χ0n) is 11.8. The third kappa shape index (κ3) is 1.27. The van der Waals surface area contributed by atoms with Crippen LogP contribution in [0.2, 0.25) is 0 Å². The Morgan fingerprint density at radius 3 is 2.35 bits per heavy atom. The molecule has 1 heteroatoms. The highest BCUT2D eigenvalue weighted by atomic mass is 14.6. The number of fused-ring (bicyclic) bond motifs is 2. The molecule has 3 aromatic rings. The van der Waals surface area contributed by atoms with Crippen LogP contribution in [0.15, 0.2) is 54.6 Å². The van der Waals surface area contributed by atoms with E-state index in [2.05, 4.69) is 62.4 Å². The second-order valence-corrected chi connectivity index (χ2v) is 6.10. The Bertz CT molecular complexity index is 844. The minimum Gasteiger partial charge on any atom is -0.398 e. The van der Waals surface area contributed by atoms with E-state index >= 15 is 0 Å². The van der Waals surface area contributed by atoms with Crippen molar-refractivity contribution in [2.45, 2.75) is 19.3 Å². The van der Waals surface area contributed by atoms with E-state index in [4.69, 9.17) is 5.73 Å². The highest BCUT2D eigenvalue weighted by Crippen LogP contribution is 2.49. The second kappa shape index (κ2) is 3.63. The number of benzene rings is 3. The van der Waals surface area contributed by atoms with E-state index in [9.17, 15) is 0 Å². The largest absolute Gasteiger partial charge is 0.398 e. The monoisotopic (exact) mass is 259 g/mol. The summed E-state index contributed by atoms with van der Waals surface area (Å²) < 4.78 is 0. The lowest BCUT2D eigenvalue weighted by molar-refractivity contribution is 0.645. The van der Waals surface area contributed by atoms with Gasteiger partial charge in [-0.3, -0.25) is 0 Å². The molecule has 0 aliphatic heterocycles. The van der Waals surface area contributed by atoms with Crippen molar-refractivity contribution in [3.63, 3.8) is 0 Å². The number of nitrogen functional groups attached to an aromatic ring is 1. The summed E-state index contributed by atoms with van der Waals surface area (Å²) in [7, 11) is 0. The first kappa shape index (κ1) is 11.5. The van der Waals surface area contributed by atoms with E-state index in [-0.39, 0.29) is 5.41 Å². The number of rotatable bonds is 0. The Kier molecular flexibility index (Phi) is 2.10. The Labute approximate surface area is 119 Å². The maximum atomic E-state index is 6.18. The summed E-state index contributed by atoms with van der Waals surface area (Å²) in [6.45, 7) is 4.60. The standard InChI is InChI=1S/C19H17N/c1-19(2)15-8-4-3-6-12(15)13-10-11-17(20)14-7-5-9-16(19)18(13)14/h3-11H,20H2,1-2H3. The van der Waals surface area contributed by atoms with Crippen LogP contribution in [0.5, 0.6) is 0 Å². The number of hydrogen-bond donors (Lipinski definition) is 1. The fourth-order valence-corrected chi connectivity index (χ4v) is 3.58. The maximum Gasteiger partial charge on any atom is 0.0394 e. The Hall–Kier alpha value is -2.28. The predicted octanol–water partition coefficient (Wildman–Crippen LogP) is 4.73. The Balaban J connectivity index is 2.29. The molecule has 20 heavy (non-hydrogen) atoms. The van der Waals surface area contributed by atoms with Gasteiger partial charge in [0.2, 0.25) is 0 Å². The molecule has 0 heterocycles. The molecule has 1 aliphatic carbocycles. The van der Waals surface area contributed by atoms with E-state index < -0.39 is 0 Å². The highest BCUT2D eigenvalue weighted by Gasteiger charge is 2.32. The van der Waals surface area contributed by atoms with Gasteiger partial charge >= 0.3 is 0 Å². The third-order valence-electron chi connectivity index (χ3n) is 4.64. The fraction of sp³-hybridized carbons (Fsp3) is 0.158.